The SMILES string of the molecule is CCOCCC(C)[C@H](c1ccc(Cl)cc1)[C@H](N)C(=O)Nc1cccc(F)c1CCC[C@H]1CNCCN1S(=O)(=O)c1ccccc1. The van der Waals surface area contributed by atoms with Gasteiger partial charge in [0, 0.05) is 61.1 Å². The summed E-state index contributed by atoms with van der Waals surface area (Å²) in [7, 11) is -3.66. The lowest BCUT2D eigenvalue weighted by molar-refractivity contribution is -0.118. The third-order valence-corrected chi connectivity index (χ3v) is 10.7. The molecule has 4 N–H and O–H groups in total. The summed E-state index contributed by atoms with van der Waals surface area (Å²) < 4.78 is 49.1. The van der Waals surface area contributed by atoms with E-state index in [0.29, 0.717) is 74.8 Å². The number of ether oxygens (including phenoxy) is 1. The lowest BCUT2D eigenvalue weighted by Gasteiger charge is -2.35. The van der Waals surface area contributed by atoms with Crippen molar-refractivity contribution in [2.75, 3.05) is 38.2 Å². The van der Waals surface area contributed by atoms with Gasteiger partial charge in [-0.1, -0.05) is 54.9 Å². The summed E-state index contributed by atoms with van der Waals surface area (Å²) in [5, 5.41) is 6.77. The Morgan fingerprint density at radius 1 is 1.13 bits per heavy atom. The first-order valence-electron chi connectivity index (χ1n) is 15.6. The second-order valence-electron chi connectivity index (χ2n) is 11.5. The summed E-state index contributed by atoms with van der Waals surface area (Å²) in [4.78, 5) is 13.9. The Hall–Kier alpha value is -2.86. The Balaban J connectivity index is 1.46. The Bertz CT molecular complexity index is 1490. The molecule has 1 amide bonds. The van der Waals surface area contributed by atoms with Crippen molar-refractivity contribution < 1.29 is 22.3 Å². The van der Waals surface area contributed by atoms with Gasteiger partial charge in [-0.3, -0.25) is 4.79 Å². The first kappa shape index (κ1) is 35.0. The number of nitrogens with one attached hydrogen (secondary N) is 2. The standard InChI is InChI=1S/C34H44ClFN4O4S/c1-3-44-22-19-24(2)32(25-15-17-26(35)18-16-25)33(37)34(41)39-31-14-8-13-30(36)29(31)12-7-9-27-23-38-20-21-40(27)45(42,43)28-10-5-4-6-11-28/h4-6,8,10-11,13-18,24,27,32-33,38H,3,7,9,12,19-23,37H2,1-2H3,(H,39,41)/t24?,27-,32+,33-/m0/s1. The van der Waals surface area contributed by atoms with Crippen molar-refractivity contribution in [2.24, 2.45) is 11.7 Å². The largest absolute Gasteiger partial charge is 0.382 e. The molecule has 45 heavy (non-hydrogen) atoms. The van der Waals surface area contributed by atoms with E-state index in [1.54, 1.807) is 58.9 Å². The van der Waals surface area contributed by atoms with Crippen molar-refractivity contribution >= 4 is 33.2 Å². The van der Waals surface area contributed by atoms with E-state index in [1.165, 1.54) is 6.07 Å². The molecule has 1 aliphatic heterocycles. The number of rotatable bonds is 15. The summed E-state index contributed by atoms with van der Waals surface area (Å²) in [5.41, 5.74) is 8.25. The second-order valence-corrected chi connectivity index (χ2v) is 13.8. The number of nitrogens with zero attached hydrogens (tertiary/aromatic N) is 1. The first-order chi connectivity index (χ1) is 21.6. The average Bonchev–Trinajstić information content (AvgIpc) is 3.04. The van der Waals surface area contributed by atoms with E-state index in [2.05, 4.69) is 10.6 Å². The van der Waals surface area contributed by atoms with Crippen LogP contribution in [0.15, 0.2) is 77.7 Å². The van der Waals surface area contributed by atoms with E-state index in [4.69, 9.17) is 22.1 Å². The molecule has 4 rings (SSSR count). The minimum atomic E-state index is -3.66. The van der Waals surface area contributed by atoms with E-state index >= 15 is 4.39 Å². The van der Waals surface area contributed by atoms with E-state index in [1.807, 2.05) is 26.0 Å². The number of hydrogen-bond acceptors (Lipinski definition) is 6. The molecular weight excluding hydrogens is 615 g/mol. The van der Waals surface area contributed by atoms with Crippen LogP contribution in [-0.2, 0) is 26.0 Å². The molecule has 0 spiro atoms. The molecule has 3 aromatic rings. The highest BCUT2D eigenvalue weighted by atomic mass is 35.5. The highest BCUT2D eigenvalue weighted by Crippen LogP contribution is 2.32. The fraction of sp³-hybridized carbons (Fsp3) is 0.441. The van der Waals surface area contributed by atoms with Gasteiger partial charge in [0.05, 0.1) is 10.9 Å². The van der Waals surface area contributed by atoms with Crippen LogP contribution in [0.25, 0.3) is 0 Å². The molecular formula is C34H44ClFN4O4S. The number of nitrogens with two attached hydrogens (primary N) is 1. The predicted octanol–water partition coefficient (Wildman–Crippen LogP) is 5.58. The van der Waals surface area contributed by atoms with Gasteiger partial charge >= 0.3 is 0 Å². The molecule has 1 fully saturated rings. The molecule has 0 aliphatic carbocycles. The number of piperazine rings is 1. The van der Waals surface area contributed by atoms with E-state index in [0.717, 1.165) is 5.56 Å². The van der Waals surface area contributed by atoms with Crippen LogP contribution in [-0.4, -0.2) is 63.6 Å². The number of benzene rings is 3. The van der Waals surface area contributed by atoms with E-state index in [9.17, 15) is 13.2 Å². The van der Waals surface area contributed by atoms with Gasteiger partial charge in [0.2, 0.25) is 15.9 Å². The fourth-order valence-corrected chi connectivity index (χ4v) is 7.83. The van der Waals surface area contributed by atoms with Gasteiger partial charge in [-0.2, -0.15) is 4.31 Å². The molecule has 0 bridgehead atoms. The Kier molecular flexibility index (Phi) is 12.9. The van der Waals surface area contributed by atoms with Gasteiger partial charge in [0.15, 0.2) is 0 Å². The molecule has 1 heterocycles. The van der Waals surface area contributed by atoms with Gasteiger partial charge in [0.25, 0.3) is 0 Å². The highest BCUT2D eigenvalue weighted by molar-refractivity contribution is 7.89. The van der Waals surface area contributed by atoms with Gasteiger partial charge in [-0.15, -0.1) is 0 Å². The van der Waals surface area contributed by atoms with Crippen LogP contribution in [0.4, 0.5) is 10.1 Å². The number of hydrogen-bond donors (Lipinski definition) is 3. The summed E-state index contributed by atoms with van der Waals surface area (Å²) in [5.74, 6) is -1.15. The number of anilines is 1. The zero-order chi connectivity index (χ0) is 32.4. The zero-order valence-electron chi connectivity index (χ0n) is 25.9. The Morgan fingerprint density at radius 3 is 2.58 bits per heavy atom. The molecule has 1 saturated heterocycles. The minimum Gasteiger partial charge on any atom is -0.382 e. The molecule has 0 aromatic heterocycles. The fourth-order valence-electron chi connectivity index (χ4n) is 6.02. The number of carbonyl (C=O) groups excluding carboxylic acids is 1. The van der Waals surface area contributed by atoms with Crippen molar-refractivity contribution in [1.82, 2.24) is 9.62 Å². The lowest BCUT2D eigenvalue weighted by atomic mass is 9.80. The third-order valence-electron chi connectivity index (χ3n) is 8.47. The maximum Gasteiger partial charge on any atom is 0.243 e. The molecule has 0 saturated carbocycles. The number of halogens is 2. The molecule has 8 nitrogen and oxygen atoms in total. The molecule has 1 aliphatic rings. The second kappa shape index (κ2) is 16.6. The number of carbonyl (C=O) groups is 1. The maximum atomic E-state index is 15.2. The first-order valence-corrected chi connectivity index (χ1v) is 17.4. The van der Waals surface area contributed by atoms with Crippen LogP contribution >= 0.6 is 11.6 Å². The number of amides is 1. The van der Waals surface area contributed by atoms with Crippen LogP contribution in [0.2, 0.25) is 5.02 Å². The predicted molar refractivity (Wildman–Crippen MR) is 177 cm³/mol. The normalized spacial score (nSPS) is 17.8. The van der Waals surface area contributed by atoms with Crippen LogP contribution < -0.4 is 16.4 Å². The van der Waals surface area contributed by atoms with Crippen molar-refractivity contribution in [3.63, 3.8) is 0 Å². The highest BCUT2D eigenvalue weighted by Gasteiger charge is 2.34. The lowest BCUT2D eigenvalue weighted by Crippen LogP contribution is -2.53. The van der Waals surface area contributed by atoms with Gasteiger partial charge in [0.1, 0.15) is 5.82 Å². The molecule has 3 aromatic carbocycles. The van der Waals surface area contributed by atoms with Crippen LogP contribution in [0.3, 0.4) is 0 Å². The van der Waals surface area contributed by atoms with Crippen LogP contribution in [0.1, 0.15) is 50.2 Å². The van der Waals surface area contributed by atoms with Crippen molar-refractivity contribution in [2.45, 2.75) is 62.4 Å². The molecule has 1 unspecified atom stereocenters. The van der Waals surface area contributed by atoms with Crippen molar-refractivity contribution in [3.8, 4) is 0 Å². The monoisotopic (exact) mass is 658 g/mol. The molecule has 0 radical (unpaired) electrons. The quantitative estimate of drug-likeness (QED) is 0.184. The number of sulfonamides is 1. The topological polar surface area (TPSA) is 114 Å². The van der Waals surface area contributed by atoms with Crippen molar-refractivity contribution in [3.05, 3.63) is 94.8 Å². The third kappa shape index (κ3) is 9.12. The summed E-state index contributed by atoms with van der Waals surface area (Å²) in [6.07, 6.45) is 2.07. The summed E-state index contributed by atoms with van der Waals surface area (Å²) in [6.45, 7) is 6.56. The smallest absolute Gasteiger partial charge is 0.243 e. The Labute approximate surface area is 271 Å². The zero-order valence-corrected chi connectivity index (χ0v) is 27.5. The van der Waals surface area contributed by atoms with Crippen molar-refractivity contribution in [1.29, 1.82) is 0 Å². The van der Waals surface area contributed by atoms with Crippen LogP contribution in [0.5, 0.6) is 0 Å². The summed E-state index contributed by atoms with van der Waals surface area (Å²) in [6, 6.07) is 19.1. The van der Waals surface area contributed by atoms with Gasteiger partial charge < -0.3 is 21.1 Å². The summed E-state index contributed by atoms with van der Waals surface area (Å²) >= 11 is 6.13. The molecule has 11 heteroatoms. The molecule has 244 valence electrons. The van der Waals surface area contributed by atoms with Gasteiger partial charge in [-0.25, -0.2) is 12.8 Å². The van der Waals surface area contributed by atoms with E-state index in [-0.39, 0.29) is 22.8 Å². The molecule has 4 atom stereocenters. The van der Waals surface area contributed by atoms with Crippen LogP contribution in [0, 0.1) is 11.7 Å². The Morgan fingerprint density at radius 2 is 1.87 bits per heavy atom. The minimum absolute atomic E-state index is 0.0182. The average molecular weight is 659 g/mol. The van der Waals surface area contributed by atoms with E-state index < -0.39 is 27.8 Å². The van der Waals surface area contributed by atoms with Gasteiger partial charge in [-0.05, 0) is 80.5 Å². The maximum absolute atomic E-state index is 15.2.